The molecule has 7 nitrogen and oxygen atoms in total. The first-order chi connectivity index (χ1) is 17.0. The van der Waals surface area contributed by atoms with Crippen molar-refractivity contribution in [2.45, 2.75) is 19.8 Å². The molecule has 176 valence electrons. The van der Waals surface area contributed by atoms with E-state index >= 15 is 0 Å². The average Bonchev–Trinajstić information content (AvgIpc) is 2.90. The first kappa shape index (κ1) is 22.5. The summed E-state index contributed by atoms with van der Waals surface area (Å²) in [6.07, 6.45) is 6.13. The van der Waals surface area contributed by atoms with Crippen LogP contribution in [0.15, 0.2) is 70.3 Å². The Morgan fingerprint density at radius 1 is 0.886 bits per heavy atom. The molecule has 7 heteroatoms. The molecule has 0 radical (unpaired) electrons. The summed E-state index contributed by atoms with van der Waals surface area (Å²) < 4.78 is 2.46. The second-order valence-electron chi connectivity index (χ2n) is 8.68. The molecule has 2 aromatic carbocycles. The fourth-order valence-electron chi connectivity index (χ4n) is 4.39. The molecule has 0 fully saturated rings. The lowest BCUT2D eigenvalue weighted by Gasteiger charge is -2.34. The van der Waals surface area contributed by atoms with Crippen LogP contribution in [0, 0.1) is 0 Å². The number of unbranched alkanes of at least 4 members (excludes halogenated alkanes) is 1. The van der Waals surface area contributed by atoms with Gasteiger partial charge in [-0.05, 0) is 29.7 Å². The zero-order valence-corrected chi connectivity index (χ0v) is 20.1. The highest BCUT2D eigenvalue weighted by Gasteiger charge is 2.28. The quantitative estimate of drug-likeness (QED) is 0.443. The number of aryl methyl sites for hydroxylation is 1. The van der Waals surface area contributed by atoms with Gasteiger partial charge in [0.25, 0.3) is 5.56 Å². The van der Waals surface area contributed by atoms with Gasteiger partial charge in [0, 0.05) is 20.6 Å². The summed E-state index contributed by atoms with van der Waals surface area (Å²) in [5.41, 5.74) is 4.83. The largest absolute Gasteiger partial charge is 0.339 e. The van der Waals surface area contributed by atoms with E-state index in [9.17, 15) is 9.59 Å². The summed E-state index contributed by atoms with van der Waals surface area (Å²) in [6.45, 7) is 2.96. The molecule has 0 saturated carbocycles. The maximum absolute atomic E-state index is 13.0. The fraction of sp³-hybridized carbons (Fsp3) is 0.214. The van der Waals surface area contributed by atoms with Crippen molar-refractivity contribution in [1.82, 2.24) is 24.0 Å². The van der Waals surface area contributed by atoms with Crippen molar-refractivity contribution in [2.24, 2.45) is 14.1 Å². The van der Waals surface area contributed by atoms with Crippen LogP contribution in [0.25, 0.3) is 34.7 Å². The van der Waals surface area contributed by atoms with E-state index in [1.165, 1.54) is 11.6 Å². The van der Waals surface area contributed by atoms with Crippen molar-refractivity contribution >= 4 is 34.7 Å². The molecule has 3 heterocycles. The smallest absolute Gasteiger partial charge is 0.332 e. The molecule has 0 amide bonds. The van der Waals surface area contributed by atoms with E-state index < -0.39 is 11.2 Å². The van der Waals surface area contributed by atoms with Crippen molar-refractivity contribution in [3.8, 4) is 0 Å². The molecule has 0 aliphatic carbocycles. The van der Waals surface area contributed by atoms with E-state index in [1.54, 1.807) is 7.05 Å². The van der Waals surface area contributed by atoms with Gasteiger partial charge in [-0.3, -0.25) is 13.9 Å². The molecule has 5 rings (SSSR count). The van der Waals surface area contributed by atoms with Crippen molar-refractivity contribution in [3.63, 3.8) is 0 Å². The Bertz CT molecular complexity index is 1580. The van der Waals surface area contributed by atoms with Gasteiger partial charge in [-0.1, -0.05) is 74.0 Å². The lowest BCUT2D eigenvalue weighted by molar-refractivity contribution is 0.525. The SMILES string of the molecule is CCCCN1C(c2ccccc2)=Cc2nc3c(nc2/C1=C/c1ccccc1)c(=O)n(C)c(=O)n3C. The maximum Gasteiger partial charge on any atom is 0.332 e. The molecular formula is C28H27N5O2. The van der Waals surface area contributed by atoms with Gasteiger partial charge < -0.3 is 4.90 Å². The standard InChI is InChI=1S/C28H27N5O2/c1-4-5-16-33-22(20-14-10-7-11-15-20)18-21-24(23(33)17-19-12-8-6-9-13-19)30-25-26(29-21)31(2)28(35)32(3)27(25)34/h6-15,17-18H,4-5,16H2,1-3H3/b23-17-. The van der Waals surface area contributed by atoms with Crippen LogP contribution in [0.3, 0.4) is 0 Å². The molecule has 0 bridgehead atoms. The van der Waals surface area contributed by atoms with E-state index in [4.69, 9.17) is 9.97 Å². The van der Waals surface area contributed by atoms with Crippen LogP contribution in [0.4, 0.5) is 0 Å². The lowest BCUT2D eigenvalue weighted by Crippen LogP contribution is -2.38. The van der Waals surface area contributed by atoms with Crippen LogP contribution >= 0.6 is 0 Å². The molecule has 4 aromatic rings. The Kier molecular flexibility index (Phi) is 5.91. The van der Waals surface area contributed by atoms with Crippen LogP contribution in [-0.2, 0) is 14.1 Å². The van der Waals surface area contributed by atoms with Gasteiger partial charge in [0.1, 0.15) is 5.69 Å². The zero-order chi connectivity index (χ0) is 24.5. The van der Waals surface area contributed by atoms with Gasteiger partial charge in [-0.15, -0.1) is 0 Å². The topological polar surface area (TPSA) is 73.0 Å². The van der Waals surface area contributed by atoms with Crippen LogP contribution in [0.1, 0.15) is 42.3 Å². The van der Waals surface area contributed by atoms with Crippen molar-refractivity contribution in [1.29, 1.82) is 0 Å². The molecule has 35 heavy (non-hydrogen) atoms. The summed E-state index contributed by atoms with van der Waals surface area (Å²) in [4.78, 5) is 37.4. The first-order valence-electron chi connectivity index (χ1n) is 11.8. The van der Waals surface area contributed by atoms with Gasteiger partial charge in [0.05, 0.1) is 17.1 Å². The summed E-state index contributed by atoms with van der Waals surface area (Å²) in [6, 6.07) is 20.3. The van der Waals surface area contributed by atoms with Gasteiger partial charge in [-0.25, -0.2) is 14.8 Å². The third kappa shape index (κ3) is 3.99. The summed E-state index contributed by atoms with van der Waals surface area (Å²) >= 11 is 0. The predicted molar refractivity (Wildman–Crippen MR) is 140 cm³/mol. The number of nitrogens with zero attached hydrogens (tertiary/aromatic N) is 5. The molecule has 0 unspecified atom stereocenters. The average molecular weight is 466 g/mol. The van der Waals surface area contributed by atoms with Crippen molar-refractivity contribution in [2.75, 3.05) is 6.54 Å². The van der Waals surface area contributed by atoms with Crippen LogP contribution in [0.5, 0.6) is 0 Å². The number of hydrogen-bond donors (Lipinski definition) is 0. The number of benzene rings is 2. The second-order valence-corrected chi connectivity index (χ2v) is 8.68. The fourth-order valence-corrected chi connectivity index (χ4v) is 4.39. The molecule has 2 aromatic heterocycles. The monoisotopic (exact) mass is 465 g/mol. The van der Waals surface area contributed by atoms with Crippen molar-refractivity contribution in [3.05, 3.63) is 104 Å². The van der Waals surface area contributed by atoms with E-state index in [1.807, 2.05) is 54.6 Å². The minimum atomic E-state index is -0.449. The molecule has 0 atom stereocenters. The highest BCUT2D eigenvalue weighted by molar-refractivity contribution is 5.97. The minimum Gasteiger partial charge on any atom is -0.339 e. The van der Waals surface area contributed by atoms with E-state index in [0.717, 1.165) is 46.5 Å². The molecular weight excluding hydrogens is 438 g/mol. The Balaban J connectivity index is 1.86. The minimum absolute atomic E-state index is 0.180. The molecule has 1 aliphatic rings. The van der Waals surface area contributed by atoms with E-state index in [2.05, 4.69) is 30.0 Å². The van der Waals surface area contributed by atoms with Gasteiger partial charge in [0.2, 0.25) is 0 Å². The maximum atomic E-state index is 13.0. The van der Waals surface area contributed by atoms with Crippen LogP contribution in [0.2, 0.25) is 0 Å². The summed E-state index contributed by atoms with van der Waals surface area (Å²) in [5.74, 6) is 0. The Morgan fingerprint density at radius 3 is 2.26 bits per heavy atom. The number of fused-ring (bicyclic) bond motifs is 2. The van der Waals surface area contributed by atoms with E-state index in [0.29, 0.717) is 11.4 Å². The first-order valence-corrected chi connectivity index (χ1v) is 11.8. The molecule has 0 saturated heterocycles. The molecule has 1 aliphatic heterocycles. The zero-order valence-electron chi connectivity index (χ0n) is 20.1. The number of rotatable bonds is 5. The Labute approximate surface area is 203 Å². The molecule has 0 spiro atoms. The van der Waals surface area contributed by atoms with Crippen molar-refractivity contribution < 1.29 is 0 Å². The van der Waals surface area contributed by atoms with Crippen LogP contribution in [-0.4, -0.2) is 30.5 Å². The Hall–Kier alpha value is -4.26. The number of aromatic nitrogens is 4. The second kappa shape index (κ2) is 9.18. The highest BCUT2D eigenvalue weighted by Crippen LogP contribution is 2.38. The highest BCUT2D eigenvalue weighted by atomic mass is 16.2. The number of hydrogen-bond acceptors (Lipinski definition) is 5. The van der Waals surface area contributed by atoms with Gasteiger partial charge >= 0.3 is 5.69 Å². The predicted octanol–water partition coefficient (Wildman–Crippen LogP) is 4.14. The third-order valence-electron chi connectivity index (χ3n) is 6.31. The van der Waals surface area contributed by atoms with Gasteiger partial charge in [0.15, 0.2) is 11.2 Å². The summed E-state index contributed by atoms with van der Waals surface area (Å²) in [7, 11) is 3.08. The lowest BCUT2D eigenvalue weighted by atomic mass is 10.00. The normalized spacial score (nSPS) is 14.3. The van der Waals surface area contributed by atoms with Crippen LogP contribution < -0.4 is 11.2 Å². The van der Waals surface area contributed by atoms with E-state index in [-0.39, 0.29) is 11.2 Å². The third-order valence-corrected chi connectivity index (χ3v) is 6.31. The summed E-state index contributed by atoms with van der Waals surface area (Å²) in [5, 5.41) is 0. The Morgan fingerprint density at radius 2 is 1.57 bits per heavy atom. The molecule has 0 N–H and O–H groups in total. The van der Waals surface area contributed by atoms with Gasteiger partial charge in [-0.2, -0.15) is 0 Å².